The molecule has 0 bridgehead atoms. The van der Waals surface area contributed by atoms with Gasteiger partial charge in [0.1, 0.15) is 5.75 Å². The Morgan fingerprint density at radius 2 is 1.49 bits per heavy atom. The Kier molecular flexibility index (Phi) is 8.87. The third kappa shape index (κ3) is 7.45. The van der Waals surface area contributed by atoms with Gasteiger partial charge in [0.2, 0.25) is 16.0 Å². The smallest absolute Gasteiger partial charge is 0.330 e. The number of fused-ring (bicyclic) bond motifs is 1. The van der Waals surface area contributed by atoms with Gasteiger partial charge in [-0.1, -0.05) is 45.0 Å². The molecule has 1 fully saturated rings. The summed E-state index contributed by atoms with van der Waals surface area (Å²) in [5.74, 6) is 1.15. The van der Waals surface area contributed by atoms with Crippen LogP contribution in [0.15, 0.2) is 48.5 Å². The topological polar surface area (TPSA) is 157 Å². The Morgan fingerprint density at radius 1 is 0.844 bits per heavy atom. The summed E-state index contributed by atoms with van der Waals surface area (Å²) in [6.07, 6.45) is 3.17. The molecule has 0 atom stereocenters. The zero-order valence-electron chi connectivity index (χ0n) is 26.1. The first-order chi connectivity index (χ1) is 21.3. The van der Waals surface area contributed by atoms with Crippen molar-refractivity contribution < 1.29 is 27.4 Å². The first kappa shape index (κ1) is 31.6. The predicted octanol–water partition coefficient (Wildman–Crippen LogP) is 5.75. The van der Waals surface area contributed by atoms with Gasteiger partial charge in [0.05, 0.1) is 37.5 Å². The number of nitrogens with zero attached hydrogens (tertiary/aromatic N) is 4. The molecular formula is C31H37N7O6S. The predicted molar refractivity (Wildman–Crippen MR) is 175 cm³/mol. The molecule has 1 saturated heterocycles. The molecular weight excluding hydrogens is 598 g/mol. The Hall–Kier alpha value is -4.85. The Labute approximate surface area is 262 Å². The normalized spacial score (nSPS) is 13.4. The molecule has 14 heteroatoms. The Bertz CT molecular complexity index is 1840. The van der Waals surface area contributed by atoms with Crippen LogP contribution in [-0.4, -0.2) is 63.0 Å². The molecule has 3 N–H and O–H groups in total. The molecule has 4 aromatic rings. The summed E-state index contributed by atoms with van der Waals surface area (Å²) < 4.78 is 43.6. The Morgan fingerprint density at radius 3 is 2.13 bits per heavy atom. The summed E-state index contributed by atoms with van der Waals surface area (Å²) in [5.41, 5.74) is 1.48. The number of hydrogen-bond acceptors (Lipinski definition) is 10. The van der Waals surface area contributed by atoms with Crippen LogP contribution in [0.1, 0.15) is 39.2 Å². The lowest BCUT2D eigenvalue weighted by Crippen LogP contribution is -2.22. The van der Waals surface area contributed by atoms with Crippen molar-refractivity contribution in [3.63, 3.8) is 0 Å². The molecule has 1 aliphatic heterocycles. The van der Waals surface area contributed by atoms with Gasteiger partial charge in [0, 0.05) is 23.9 Å². The maximum Gasteiger partial charge on any atom is 0.330 e. The average molecular weight is 636 g/mol. The van der Waals surface area contributed by atoms with Crippen LogP contribution in [0.25, 0.3) is 10.8 Å². The molecule has 2 amide bonds. The van der Waals surface area contributed by atoms with Crippen molar-refractivity contribution in [3.05, 3.63) is 54.1 Å². The second-order valence-electron chi connectivity index (χ2n) is 11.7. The first-order valence-corrected chi connectivity index (χ1v) is 16.3. The lowest BCUT2D eigenvalue weighted by atomic mass is 9.86. The average Bonchev–Trinajstić information content (AvgIpc) is 3.52. The number of sulfonamides is 1. The lowest BCUT2D eigenvalue weighted by Gasteiger charge is -2.24. The molecule has 3 aromatic carbocycles. The van der Waals surface area contributed by atoms with E-state index in [-0.39, 0.29) is 28.9 Å². The van der Waals surface area contributed by atoms with Crippen LogP contribution in [0.4, 0.5) is 27.8 Å². The number of aromatic nitrogens is 3. The molecule has 2 heterocycles. The number of ether oxygens (including phenoxy) is 3. The highest BCUT2D eigenvalue weighted by molar-refractivity contribution is 7.92. The van der Waals surface area contributed by atoms with Gasteiger partial charge in [-0.25, -0.2) is 13.2 Å². The number of hydrogen-bond donors (Lipinski definition) is 3. The molecule has 238 valence electrons. The van der Waals surface area contributed by atoms with Crippen molar-refractivity contribution in [1.82, 2.24) is 15.0 Å². The van der Waals surface area contributed by atoms with E-state index < -0.39 is 16.1 Å². The van der Waals surface area contributed by atoms with Crippen molar-refractivity contribution in [2.24, 2.45) is 0 Å². The van der Waals surface area contributed by atoms with Gasteiger partial charge >= 0.3 is 18.1 Å². The fourth-order valence-electron chi connectivity index (χ4n) is 5.02. The van der Waals surface area contributed by atoms with Crippen LogP contribution < -0.4 is 34.5 Å². The van der Waals surface area contributed by atoms with Gasteiger partial charge in [-0.15, -0.1) is 4.98 Å². The summed E-state index contributed by atoms with van der Waals surface area (Å²) in [5, 5.41) is 7.15. The maximum atomic E-state index is 13.4. The fraction of sp³-hybridized carbons (Fsp3) is 0.355. The molecule has 0 radical (unpaired) electrons. The van der Waals surface area contributed by atoms with Crippen molar-refractivity contribution in [1.29, 1.82) is 0 Å². The van der Waals surface area contributed by atoms with Crippen molar-refractivity contribution >= 4 is 49.8 Å². The molecule has 0 unspecified atom stereocenters. The summed E-state index contributed by atoms with van der Waals surface area (Å²) in [6.45, 7) is 7.65. The number of anilines is 4. The van der Waals surface area contributed by atoms with E-state index in [1.165, 1.54) is 14.2 Å². The van der Waals surface area contributed by atoms with Gasteiger partial charge in [-0.05, 0) is 48.1 Å². The highest BCUT2D eigenvalue weighted by Gasteiger charge is 2.23. The van der Waals surface area contributed by atoms with Crippen molar-refractivity contribution in [2.75, 3.05) is 53.8 Å². The number of carbonyl (C=O) groups is 1. The van der Waals surface area contributed by atoms with E-state index in [1.807, 2.05) is 45.0 Å². The molecule has 1 aliphatic rings. The highest BCUT2D eigenvalue weighted by Crippen LogP contribution is 2.40. The molecule has 1 aromatic heterocycles. The third-order valence-electron chi connectivity index (χ3n) is 7.19. The minimum atomic E-state index is -3.62. The number of rotatable bonds is 9. The van der Waals surface area contributed by atoms with Gasteiger partial charge in [-0.2, -0.15) is 9.97 Å². The monoisotopic (exact) mass is 635 g/mol. The number of benzene rings is 3. The molecule has 45 heavy (non-hydrogen) atoms. The van der Waals surface area contributed by atoms with E-state index in [9.17, 15) is 13.2 Å². The van der Waals surface area contributed by atoms with Crippen LogP contribution in [0.2, 0.25) is 0 Å². The highest BCUT2D eigenvalue weighted by atomic mass is 32.2. The minimum absolute atomic E-state index is 0.0942. The van der Waals surface area contributed by atoms with E-state index in [2.05, 4.69) is 35.2 Å². The molecule has 13 nitrogen and oxygen atoms in total. The van der Waals surface area contributed by atoms with Gasteiger partial charge in [0.15, 0.2) is 5.75 Å². The fourth-order valence-corrected chi connectivity index (χ4v) is 5.57. The van der Waals surface area contributed by atoms with E-state index in [0.717, 1.165) is 37.8 Å². The van der Waals surface area contributed by atoms with Crippen LogP contribution in [0, 0.1) is 0 Å². The van der Waals surface area contributed by atoms with Gasteiger partial charge in [-0.3, -0.25) is 4.72 Å². The number of amides is 2. The molecule has 0 saturated carbocycles. The van der Waals surface area contributed by atoms with Crippen molar-refractivity contribution in [3.8, 4) is 23.5 Å². The summed E-state index contributed by atoms with van der Waals surface area (Å²) in [7, 11) is -0.720. The number of methoxy groups -OCH3 is 2. The van der Waals surface area contributed by atoms with E-state index >= 15 is 0 Å². The van der Waals surface area contributed by atoms with Crippen LogP contribution in [0.5, 0.6) is 23.5 Å². The third-order valence-corrected chi connectivity index (χ3v) is 7.78. The van der Waals surface area contributed by atoms with E-state index in [0.29, 0.717) is 33.8 Å². The largest absolute Gasteiger partial charge is 0.492 e. The molecule has 0 aliphatic carbocycles. The number of urea groups is 1. The molecule has 0 spiro atoms. The Balaban J connectivity index is 1.44. The van der Waals surface area contributed by atoms with E-state index in [4.69, 9.17) is 14.2 Å². The van der Waals surface area contributed by atoms with Crippen molar-refractivity contribution in [2.45, 2.75) is 39.0 Å². The second kappa shape index (κ2) is 12.6. The lowest BCUT2D eigenvalue weighted by molar-refractivity contribution is 0.262. The zero-order valence-corrected chi connectivity index (χ0v) is 26.9. The second-order valence-corrected chi connectivity index (χ2v) is 13.4. The minimum Gasteiger partial charge on any atom is -0.492 e. The van der Waals surface area contributed by atoms with E-state index in [1.54, 1.807) is 24.3 Å². The zero-order chi connectivity index (χ0) is 32.4. The van der Waals surface area contributed by atoms with Crippen LogP contribution in [-0.2, 0) is 15.4 Å². The van der Waals surface area contributed by atoms with Crippen LogP contribution in [0.3, 0.4) is 0 Å². The number of nitrogens with one attached hydrogen (secondary N) is 3. The van der Waals surface area contributed by atoms with Gasteiger partial charge < -0.3 is 29.7 Å². The standard InChI is InChI=1S/C31H37N7O6S/c1-31(2,3)19-17-23(26(42-4)24(18-19)37-45(6,40)41)33-28(39)32-22-13-14-25(21-12-8-7-11-20(21)22)44-30-35-27(34-29(36-30)43-5)38-15-9-10-16-38/h7-8,11-14,17-18,37H,9-10,15-16H2,1-6H3,(H2,32,33,39). The SMILES string of the molecule is COc1nc(Oc2ccc(NC(=O)Nc3cc(C(C)(C)C)cc(NS(C)(=O)=O)c3OC)c3ccccc23)nc(N2CCCC2)n1. The summed E-state index contributed by atoms with van der Waals surface area (Å²) in [6, 6.07) is 14.0. The maximum absolute atomic E-state index is 13.4. The quantitative estimate of drug-likeness (QED) is 0.207. The summed E-state index contributed by atoms with van der Waals surface area (Å²) >= 11 is 0. The summed E-state index contributed by atoms with van der Waals surface area (Å²) in [4.78, 5) is 28.6. The first-order valence-electron chi connectivity index (χ1n) is 14.4. The van der Waals surface area contributed by atoms with Gasteiger partial charge in [0.25, 0.3) is 0 Å². The van der Waals surface area contributed by atoms with Crippen LogP contribution >= 0.6 is 0 Å². The molecule has 5 rings (SSSR count). The number of carbonyl (C=O) groups excluding carboxylic acids is 1.